The Morgan fingerprint density at radius 1 is 0.910 bits per heavy atom. The fourth-order valence-electron chi connectivity index (χ4n) is 12.0. The number of fused-ring (bicyclic) bond motifs is 1. The van der Waals surface area contributed by atoms with Gasteiger partial charge in [0.2, 0.25) is 17.8 Å². The Hall–Kier alpha value is -5.01. The van der Waals surface area contributed by atoms with Gasteiger partial charge in [-0.3, -0.25) is 24.0 Å². The lowest BCUT2D eigenvalue weighted by Gasteiger charge is -2.52. The molecule has 15 nitrogen and oxygen atoms in total. The fourth-order valence-corrected chi connectivity index (χ4v) is 14.1. The van der Waals surface area contributed by atoms with Crippen LogP contribution >= 0.6 is 0 Å². The summed E-state index contributed by atoms with van der Waals surface area (Å²) in [5, 5.41) is 16.1. The molecule has 360 valence electrons. The highest BCUT2D eigenvalue weighted by atomic mass is 32.2. The maximum absolute atomic E-state index is 14.1. The second-order valence-corrected chi connectivity index (χ2v) is 22.6. The van der Waals surface area contributed by atoms with Crippen LogP contribution in [-0.2, 0) is 32.7 Å². The van der Waals surface area contributed by atoms with Gasteiger partial charge in [-0.05, 0) is 144 Å². The topological polar surface area (TPSA) is 175 Å². The van der Waals surface area contributed by atoms with E-state index < -0.39 is 44.4 Å². The van der Waals surface area contributed by atoms with Crippen molar-refractivity contribution in [3.05, 3.63) is 64.2 Å². The molecule has 1 spiro atoms. The summed E-state index contributed by atoms with van der Waals surface area (Å²) in [6.07, 6.45) is 5.44. The number of likely N-dealkylation sites (tertiary alicyclic amines) is 1. The van der Waals surface area contributed by atoms with E-state index >= 15 is 0 Å². The Bertz CT molecular complexity index is 2740. The van der Waals surface area contributed by atoms with Crippen LogP contribution in [0.3, 0.4) is 0 Å². The molecule has 2 aliphatic carbocycles. The Morgan fingerprint density at radius 2 is 1.63 bits per heavy atom. The third-order valence-electron chi connectivity index (χ3n) is 16.4. The van der Waals surface area contributed by atoms with Gasteiger partial charge in [0.25, 0.3) is 0 Å². The molecule has 2 saturated carbocycles. The van der Waals surface area contributed by atoms with Crippen molar-refractivity contribution in [3.63, 3.8) is 0 Å². The van der Waals surface area contributed by atoms with Crippen LogP contribution in [0.2, 0.25) is 0 Å². The summed E-state index contributed by atoms with van der Waals surface area (Å²) in [5.41, 5.74) is 1.49. The molecule has 3 N–H and O–H groups in total. The molecule has 6 fully saturated rings. The number of benzene rings is 2. The van der Waals surface area contributed by atoms with Gasteiger partial charge in [0.15, 0.2) is 9.84 Å². The number of carbonyl (C=O) groups is 2. The SMILES string of the molecule is Cc1cc(S(=O)(=O)C2CC3(CCN(CC4CCN(c5cccc6c5n(C)c(=O)n6C5CCC(=O)NC5=O)CC4)CC3)C2)ccc1Nc1ncc(C(F)(F)F)c(N2CCC(O)(C3CCC3)CC2)n1. The Kier molecular flexibility index (Phi) is 11.7. The first-order chi connectivity index (χ1) is 31.9. The third kappa shape index (κ3) is 8.50. The molecule has 19 heteroatoms. The molecule has 1 atom stereocenters. The number of aromatic nitrogens is 4. The third-order valence-corrected chi connectivity index (χ3v) is 18.5. The van der Waals surface area contributed by atoms with E-state index in [1.165, 1.54) is 4.57 Å². The minimum absolute atomic E-state index is 0.00879. The van der Waals surface area contributed by atoms with E-state index in [0.29, 0.717) is 48.4 Å². The number of amides is 2. The van der Waals surface area contributed by atoms with E-state index in [2.05, 4.69) is 30.4 Å². The van der Waals surface area contributed by atoms with E-state index in [1.54, 1.807) is 41.6 Å². The average Bonchev–Trinajstić information content (AvgIpc) is 3.51. The number of piperidine rings is 4. The van der Waals surface area contributed by atoms with Crippen LogP contribution in [0.5, 0.6) is 0 Å². The van der Waals surface area contributed by atoms with Gasteiger partial charge >= 0.3 is 11.9 Å². The Labute approximate surface area is 388 Å². The summed E-state index contributed by atoms with van der Waals surface area (Å²) < 4.78 is 73.5. The summed E-state index contributed by atoms with van der Waals surface area (Å²) in [6.45, 7) is 6.77. The predicted octanol–water partition coefficient (Wildman–Crippen LogP) is 6.24. The number of nitrogens with zero attached hydrogens (tertiary/aromatic N) is 7. The zero-order valence-electron chi connectivity index (χ0n) is 38.2. The predicted molar refractivity (Wildman–Crippen MR) is 247 cm³/mol. The van der Waals surface area contributed by atoms with Crippen LogP contribution in [0.4, 0.5) is 36.3 Å². The number of hydrogen-bond acceptors (Lipinski definition) is 12. The van der Waals surface area contributed by atoms with Crippen molar-refractivity contribution < 1.29 is 36.3 Å². The largest absolute Gasteiger partial charge is 0.421 e. The van der Waals surface area contributed by atoms with Gasteiger partial charge in [0.05, 0.1) is 32.5 Å². The van der Waals surface area contributed by atoms with Crippen molar-refractivity contribution in [2.75, 3.05) is 60.9 Å². The average molecular weight is 948 g/mol. The lowest BCUT2D eigenvalue weighted by atomic mass is 9.63. The van der Waals surface area contributed by atoms with Crippen molar-refractivity contribution >= 4 is 55.8 Å². The number of halogens is 3. The molecule has 2 aromatic heterocycles. The first-order valence-corrected chi connectivity index (χ1v) is 25.5. The van der Waals surface area contributed by atoms with Gasteiger partial charge in [-0.15, -0.1) is 0 Å². The molecule has 4 aliphatic heterocycles. The van der Waals surface area contributed by atoms with Crippen LogP contribution in [0.15, 0.2) is 52.3 Å². The number of aliphatic hydroxyl groups is 1. The molecule has 1 unspecified atom stereocenters. The van der Waals surface area contributed by atoms with Gasteiger partial charge in [-0.1, -0.05) is 12.5 Å². The van der Waals surface area contributed by atoms with Gasteiger partial charge in [-0.25, -0.2) is 18.2 Å². The number of nitrogens with one attached hydrogen (secondary N) is 2. The number of imide groups is 1. The van der Waals surface area contributed by atoms with Crippen LogP contribution < -0.4 is 26.1 Å². The number of aryl methyl sites for hydroxylation is 2. The molecule has 4 saturated heterocycles. The van der Waals surface area contributed by atoms with Crippen molar-refractivity contribution in [2.24, 2.45) is 24.3 Å². The fraction of sp³-hybridized carbons (Fsp3) is 0.604. The quantitative estimate of drug-likeness (QED) is 0.153. The number of imidazole rings is 1. The zero-order valence-corrected chi connectivity index (χ0v) is 39.0. The number of sulfone groups is 1. The molecule has 0 radical (unpaired) electrons. The van der Waals surface area contributed by atoms with Gasteiger partial charge < -0.3 is 25.1 Å². The van der Waals surface area contributed by atoms with Crippen LogP contribution in [0.1, 0.15) is 101 Å². The maximum atomic E-state index is 14.1. The van der Waals surface area contributed by atoms with Crippen molar-refractivity contribution in [2.45, 2.75) is 118 Å². The van der Waals surface area contributed by atoms with Crippen LogP contribution in [-0.4, -0.2) is 106 Å². The molecular formula is C48H60F3N9O6S. The van der Waals surface area contributed by atoms with E-state index in [4.69, 9.17) is 0 Å². The Balaban J connectivity index is 0.719. The lowest BCUT2D eigenvalue weighted by Crippen LogP contribution is -2.52. The maximum Gasteiger partial charge on any atom is 0.421 e. The summed E-state index contributed by atoms with van der Waals surface area (Å²) in [4.78, 5) is 53.0. The van der Waals surface area contributed by atoms with Crippen LogP contribution in [0.25, 0.3) is 11.0 Å². The van der Waals surface area contributed by atoms with Gasteiger partial charge in [-0.2, -0.15) is 18.2 Å². The lowest BCUT2D eigenvalue weighted by molar-refractivity contribution is -0.138. The van der Waals surface area contributed by atoms with E-state index in [1.807, 2.05) is 18.2 Å². The number of alkyl halides is 3. The standard InChI is InChI=1S/C48H60F3N9O6S/c1-30-25-33(9-10-36(30)53-44-52-28-35(48(49,50)51)42(55-44)59-23-17-47(64,18-24-59)32-5-3-6-32)67(65,66)34-26-46(27-34)15-21-57(22-16-46)29-31-13-19-58(20-14-31)37-7-4-8-38-41(37)56(2)45(63)60(38)39-11-12-40(61)54-43(39)62/h4,7-10,25,28,31-32,34,39,64H,3,5-6,11-24,26-27,29H2,1-2H3,(H,52,53,55)(H,54,61,62). The molecule has 10 rings (SSSR count). The highest BCUT2D eigenvalue weighted by Crippen LogP contribution is 2.53. The molecular weight excluding hydrogens is 888 g/mol. The minimum Gasteiger partial charge on any atom is -0.389 e. The number of rotatable bonds is 10. The first-order valence-electron chi connectivity index (χ1n) is 24.0. The smallest absolute Gasteiger partial charge is 0.389 e. The molecule has 2 aromatic carbocycles. The van der Waals surface area contributed by atoms with Crippen molar-refractivity contribution in [3.8, 4) is 0 Å². The molecule has 4 aromatic rings. The second kappa shape index (κ2) is 17.2. The number of anilines is 4. The van der Waals surface area contributed by atoms with Crippen molar-refractivity contribution in [1.29, 1.82) is 0 Å². The minimum atomic E-state index is -4.67. The summed E-state index contributed by atoms with van der Waals surface area (Å²) >= 11 is 0. The Morgan fingerprint density at radius 3 is 2.27 bits per heavy atom. The second-order valence-electron chi connectivity index (χ2n) is 20.4. The van der Waals surface area contributed by atoms with Gasteiger partial charge in [0.1, 0.15) is 17.4 Å². The normalized spacial score (nSPS) is 23.3. The van der Waals surface area contributed by atoms with Gasteiger partial charge in [0, 0.05) is 58.1 Å². The molecule has 67 heavy (non-hydrogen) atoms. The zero-order chi connectivity index (χ0) is 47.0. The number of para-hydroxylation sites is 1. The molecule has 6 heterocycles. The van der Waals surface area contributed by atoms with E-state index in [-0.39, 0.29) is 65.5 Å². The highest BCUT2D eigenvalue weighted by molar-refractivity contribution is 7.92. The van der Waals surface area contributed by atoms with Crippen LogP contribution in [0, 0.1) is 24.2 Å². The molecule has 2 amide bonds. The van der Waals surface area contributed by atoms with E-state index in [9.17, 15) is 41.1 Å². The number of hydrogen-bond donors (Lipinski definition) is 3. The van der Waals surface area contributed by atoms with E-state index in [0.717, 1.165) is 95.1 Å². The highest BCUT2D eigenvalue weighted by Gasteiger charge is 2.51. The molecule has 6 aliphatic rings. The monoisotopic (exact) mass is 947 g/mol. The summed E-state index contributed by atoms with van der Waals surface area (Å²) in [6, 6.07) is 9.89. The summed E-state index contributed by atoms with van der Waals surface area (Å²) in [7, 11) is -1.88. The molecule has 0 bridgehead atoms. The first kappa shape index (κ1) is 45.8. The number of carbonyl (C=O) groups excluding carboxylic acids is 2. The van der Waals surface area contributed by atoms with Crippen molar-refractivity contribution in [1.82, 2.24) is 29.3 Å². The summed E-state index contributed by atoms with van der Waals surface area (Å²) in [5.74, 6) is -0.316.